The first-order chi connectivity index (χ1) is 10.1. The molecule has 3 rings (SSSR count). The molecule has 1 saturated heterocycles. The Hall–Kier alpha value is -2.41. The van der Waals surface area contributed by atoms with Crippen molar-refractivity contribution in [2.24, 2.45) is 7.05 Å². The summed E-state index contributed by atoms with van der Waals surface area (Å²) in [5.41, 5.74) is 1.12. The van der Waals surface area contributed by atoms with E-state index in [9.17, 15) is 9.59 Å². The molecule has 110 valence electrons. The maximum absolute atomic E-state index is 12.4. The number of hydrogen-bond acceptors (Lipinski definition) is 4. The number of amides is 1. The zero-order valence-electron chi connectivity index (χ0n) is 11.7. The average molecular weight is 288 g/mol. The Morgan fingerprint density at radius 3 is 3.05 bits per heavy atom. The topological polar surface area (TPSA) is 80.2 Å². The Balaban J connectivity index is 1.77. The maximum Gasteiger partial charge on any atom is 0.266 e. The number of carbonyl (C=O) groups excluding carboxylic acids is 1. The van der Waals surface area contributed by atoms with Crippen LogP contribution in [0.5, 0.6) is 0 Å². The number of aryl methyl sites for hydroxylation is 1. The third-order valence-electron chi connectivity index (χ3n) is 3.52. The van der Waals surface area contributed by atoms with Crippen molar-refractivity contribution in [2.45, 2.75) is 6.10 Å². The molecule has 1 amide bonds. The minimum Gasteiger partial charge on any atom is -0.368 e. The van der Waals surface area contributed by atoms with E-state index in [0.717, 1.165) is 0 Å². The molecule has 0 aromatic carbocycles. The van der Waals surface area contributed by atoms with E-state index in [1.165, 1.54) is 10.7 Å². The fourth-order valence-corrected chi connectivity index (χ4v) is 2.37. The molecular weight excluding hydrogens is 272 g/mol. The van der Waals surface area contributed by atoms with Gasteiger partial charge in [-0.25, -0.2) is 0 Å². The SMILES string of the molecule is Cn1[nH]c(C2CN(C(=O)c3cccnc3)CCO2)cc1=O. The number of morpholine rings is 1. The van der Waals surface area contributed by atoms with Gasteiger partial charge < -0.3 is 9.64 Å². The summed E-state index contributed by atoms with van der Waals surface area (Å²) in [6.45, 7) is 1.38. The van der Waals surface area contributed by atoms with Gasteiger partial charge in [-0.2, -0.15) is 0 Å². The van der Waals surface area contributed by atoms with Crippen molar-refractivity contribution in [1.29, 1.82) is 0 Å². The highest BCUT2D eigenvalue weighted by Crippen LogP contribution is 2.20. The second-order valence-electron chi connectivity index (χ2n) is 4.96. The molecule has 0 radical (unpaired) electrons. The number of rotatable bonds is 2. The lowest BCUT2D eigenvalue weighted by atomic mass is 10.2. The van der Waals surface area contributed by atoms with E-state index in [-0.39, 0.29) is 17.6 Å². The summed E-state index contributed by atoms with van der Waals surface area (Å²) in [4.78, 5) is 29.6. The third kappa shape index (κ3) is 2.73. The normalized spacial score (nSPS) is 18.7. The molecule has 1 fully saturated rings. The van der Waals surface area contributed by atoms with Crippen LogP contribution in [-0.4, -0.2) is 45.3 Å². The lowest BCUT2D eigenvalue weighted by Crippen LogP contribution is -2.42. The van der Waals surface area contributed by atoms with Crippen LogP contribution in [-0.2, 0) is 11.8 Å². The molecule has 1 N–H and O–H groups in total. The van der Waals surface area contributed by atoms with Crippen molar-refractivity contribution in [1.82, 2.24) is 19.7 Å². The van der Waals surface area contributed by atoms with Gasteiger partial charge in [-0.3, -0.25) is 24.4 Å². The molecule has 1 aliphatic heterocycles. The Morgan fingerprint density at radius 2 is 2.38 bits per heavy atom. The molecule has 7 nitrogen and oxygen atoms in total. The number of aromatic nitrogens is 3. The van der Waals surface area contributed by atoms with Crippen molar-refractivity contribution in [2.75, 3.05) is 19.7 Å². The maximum atomic E-state index is 12.4. The van der Waals surface area contributed by atoms with Crippen LogP contribution in [0, 0.1) is 0 Å². The zero-order chi connectivity index (χ0) is 14.8. The summed E-state index contributed by atoms with van der Waals surface area (Å²) in [7, 11) is 1.65. The van der Waals surface area contributed by atoms with Gasteiger partial charge in [-0.1, -0.05) is 0 Å². The van der Waals surface area contributed by atoms with Crippen LogP contribution in [0.3, 0.4) is 0 Å². The Bertz CT molecular complexity index is 692. The minimum absolute atomic E-state index is 0.0744. The predicted octanol–water partition coefficient (Wildman–Crippen LogP) is 0.322. The van der Waals surface area contributed by atoms with Crippen LogP contribution in [0.1, 0.15) is 22.2 Å². The van der Waals surface area contributed by atoms with E-state index in [2.05, 4.69) is 10.1 Å². The molecule has 0 spiro atoms. The van der Waals surface area contributed by atoms with Crippen LogP contribution in [0.15, 0.2) is 35.4 Å². The van der Waals surface area contributed by atoms with E-state index in [4.69, 9.17) is 4.74 Å². The molecule has 1 aliphatic rings. The van der Waals surface area contributed by atoms with Gasteiger partial charge in [0.15, 0.2) is 0 Å². The van der Waals surface area contributed by atoms with Gasteiger partial charge in [0.2, 0.25) is 0 Å². The van der Waals surface area contributed by atoms with Gasteiger partial charge in [0.1, 0.15) is 6.10 Å². The smallest absolute Gasteiger partial charge is 0.266 e. The molecule has 2 aromatic heterocycles. The van der Waals surface area contributed by atoms with Crippen molar-refractivity contribution in [3.8, 4) is 0 Å². The number of hydrogen-bond donors (Lipinski definition) is 1. The Labute approximate surface area is 121 Å². The van der Waals surface area contributed by atoms with Crippen molar-refractivity contribution >= 4 is 5.91 Å². The first-order valence-electron chi connectivity index (χ1n) is 6.72. The van der Waals surface area contributed by atoms with Crippen LogP contribution >= 0.6 is 0 Å². The lowest BCUT2D eigenvalue weighted by Gasteiger charge is -2.32. The van der Waals surface area contributed by atoms with E-state index in [0.29, 0.717) is 31.0 Å². The van der Waals surface area contributed by atoms with Gasteiger partial charge in [0.25, 0.3) is 11.5 Å². The van der Waals surface area contributed by atoms with Gasteiger partial charge in [-0.15, -0.1) is 0 Å². The van der Waals surface area contributed by atoms with E-state index in [1.807, 2.05) is 0 Å². The second kappa shape index (κ2) is 5.53. The second-order valence-corrected chi connectivity index (χ2v) is 4.96. The standard InChI is InChI=1S/C14H16N4O3/c1-17-13(19)7-11(16-17)12-9-18(5-6-21-12)14(20)10-3-2-4-15-8-10/h2-4,7-8,12,16H,5-6,9H2,1H3. The molecular formula is C14H16N4O3. The Morgan fingerprint density at radius 1 is 1.52 bits per heavy atom. The Kier molecular flexibility index (Phi) is 3.57. The highest BCUT2D eigenvalue weighted by molar-refractivity contribution is 5.93. The molecule has 2 aromatic rings. The summed E-state index contributed by atoms with van der Waals surface area (Å²) >= 11 is 0. The van der Waals surface area contributed by atoms with Crippen molar-refractivity contribution in [3.05, 3.63) is 52.2 Å². The fourth-order valence-electron chi connectivity index (χ4n) is 2.37. The highest BCUT2D eigenvalue weighted by Gasteiger charge is 2.27. The van der Waals surface area contributed by atoms with E-state index >= 15 is 0 Å². The van der Waals surface area contributed by atoms with Crippen LogP contribution < -0.4 is 5.56 Å². The number of H-pyrrole nitrogens is 1. The summed E-state index contributed by atoms with van der Waals surface area (Å²) in [6.07, 6.45) is 2.87. The zero-order valence-corrected chi connectivity index (χ0v) is 11.7. The molecule has 0 aliphatic carbocycles. The summed E-state index contributed by atoms with van der Waals surface area (Å²) < 4.78 is 7.05. The van der Waals surface area contributed by atoms with Crippen LogP contribution in [0.4, 0.5) is 0 Å². The van der Waals surface area contributed by atoms with E-state index in [1.54, 1.807) is 36.5 Å². The highest BCUT2D eigenvalue weighted by atomic mass is 16.5. The number of ether oxygens (including phenoxy) is 1. The predicted molar refractivity (Wildman–Crippen MR) is 74.9 cm³/mol. The van der Waals surface area contributed by atoms with Crippen LogP contribution in [0.25, 0.3) is 0 Å². The first-order valence-corrected chi connectivity index (χ1v) is 6.72. The molecule has 3 heterocycles. The number of aromatic amines is 1. The number of pyridine rings is 1. The molecule has 0 saturated carbocycles. The number of nitrogens with zero attached hydrogens (tertiary/aromatic N) is 3. The molecule has 21 heavy (non-hydrogen) atoms. The van der Waals surface area contributed by atoms with Crippen molar-refractivity contribution < 1.29 is 9.53 Å². The molecule has 1 unspecified atom stereocenters. The van der Waals surface area contributed by atoms with Gasteiger partial charge in [0, 0.05) is 32.1 Å². The summed E-state index contributed by atoms with van der Waals surface area (Å²) in [5, 5.41) is 2.94. The van der Waals surface area contributed by atoms with Crippen molar-refractivity contribution in [3.63, 3.8) is 0 Å². The van der Waals surface area contributed by atoms with Gasteiger partial charge in [0.05, 0.1) is 24.4 Å². The average Bonchev–Trinajstić information content (AvgIpc) is 2.87. The molecule has 7 heteroatoms. The molecule has 0 bridgehead atoms. The summed E-state index contributed by atoms with van der Waals surface area (Å²) in [5.74, 6) is -0.0744. The monoisotopic (exact) mass is 288 g/mol. The number of carbonyl (C=O) groups is 1. The minimum atomic E-state index is -0.312. The van der Waals surface area contributed by atoms with Crippen LogP contribution in [0.2, 0.25) is 0 Å². The van der Waals surface area contributed by atoms with Gasteiger partial charge in [-0.05, 0) is 12.1 Å². The largest absolute Gasteiger partial charge is 0.368 e. The van der Waals surface area contributed by atoms with Gasteiger partial charge >= 0.3 is 0 Å². The fraction of sp³-hybridized carbons (Fsp3) is 0.357. The molecule has 1 atom stereocenters. The quantitative estimate of drug-likeness (QED) is 0.863. The summed E-state index contributed by atoms with van der Waals surface area (Å²) in [6, 6.07) is 4.98. The third-order valence-corrected chi connectivity index (χ3v) is 3.52. The first kappa shape index (κ1) is 13.6. The lowest BCUT2D eigenvalue weighted by molar-refractivity contribution is -0.0249. The number of nitrogens with one attached hydrogen (secondary N) is 1. The van der Waals surface area contributed by atoms with E-state index < -0.39 is 0 Å².